The molecule has 1 saturated carbocycles. The van der Waals surface area contributed by atoms with Crippen molar-refractivity contribution in [3.05, 3.63) is 41.7 Å². The Hall–Kier alpha value is -2.70. The van der Waals surface area contributed by atoms with Crippen molar-refractivity contribution >= 4 is 11.9 Å². The van der Waals surface area contributed by atoms with E-state index in [2.05, 4.69) is 15.6 Å². The summed E-state index contributed by atoms with van der Waals surface area (Å²) in [5.41, 5.74) is 2.40. The van der Waals surface area contributed by atoms with Crippen LogP contribution in [0.5, 0.6) is 0 Å². The van der Waals surface area contributed by atoms with Crippen molar-refractivity contribution in [2.24, 2.45) is 0 Å². The molecule has 1 aliphatic carbocycles. The molecular formula is C18H20N4O3. The van der Waals surface area contributed by atoms with E-state index in [4.69, 9.17) is 4.74 Å². The van der Waals surface area contributed by atoms with Gasteiger partial charge in [0.2, 0.25) is 0 Å². The van der Waals surface area contributed by atoms with Crippen molar-refractivity contribution in [3.63, 3.8) is 0 Å². The van der Waals surface area contributed by atoms with Gasteiger partial charge in [-0.25, -0.2) is 9.48 Å². The van der Waals surface area contributed by atoms with Crippen molar-refractivity contribution in [3.8, 4) is 5.69 Å². The van der Waals surface area contributed by atoms with Gasteiger partial charge in [-0.1, -0.05) is 18.1 Å². The van der Waals surface area contributed by atoms with Gasteiger partial charge in [0.05, 0.1) is 24.2 Å². The van der Waals surface area contributed by atoms with E-state index in [1.165, 1.54) is 25.7 Å². The number of rotatable bonds is 4. The lowest BCUT2D eigenvalue weighted by atomic mass is 10.1. The van der Waals surface area contributed by atoms with Gasteiger partial charge >= 0.3 is 5.97 Å². The Morgan fingerprint density at radius 3 is 2.60 bits per heavy atom. The zero-order chi connectivity index (χ0) is 17.2. The molecule has 2 aromatic rings. The Kier molecular flexibility index (Phi) is 4.21. The molecule has 1 saturated heterocycles. The van der Waals surface area contributed by atoms with E-state index in [0.717, 1.165) is 11.4 Å². The monoisotopic (exact) mass is 340 g/mol. The maximum Gasteiger partial charge on any atom is 0.328 e. The molecule has 1 N–H and O–H groups in total. The lowest BCUT2D eigenvalue weighted by Crippen LogP contribution is -2.37. The van der Waals surface area contributed by atoms with Gasteiger partial charge in [0.25, 0.3) is 5.91 Å². The second-order valence-electron chi connectivity index (χ2n) is 6.60. The maximum atomic E-state index is 12.2. The molecule has 2 heterocycles. The van der Waals surface area contributed by atoms with Crippen LogP contribution in [-0.4, -0.2) is 39.5 Å². The van der Waals surface area contributed by atoms with E-state index in [1.54, 1.807) is 16.8 Å². The fourth-order valence-electron chi connectivity index (χ4n) is 3.45. The highest BCUT2D eigenvalue weighted by Crippen LogP contribution is 2.32. The van der Waals surface area contributed by atoms with E-state index in [1.807, 2.05) is 18.3 Å². The van der Waals surface area contributed by atoms with Gasteiger partial charge in [-0.2, -0.15) is 0 Å². The van der Waals surface area contributed by atoms with E-state index in [-0.39, 0.29) is 11.9 Å². The van der Waals surface area contributed by atoms with Crippen molar-refractivity contribution in [2.75, 3.05) is 6.61 Å². The lowest BCUT2D eigenvalue weighted by Gasteiger charge is -2.09. The highest BCUT2D eigenvalue weighted by molar-refractivity contribution is 5.97. The minimum Gasteiger partial charge on any atom is -0.464 e. The Labute approximate surface area is 145 Å². The summed E-state index contributed by atoms with van der Waals surface area (Å²) in [5.74, 6) is -0.127. The molecular weight excluding hydrogens is 320 g/mol. The van der Waals surface area contributed by atoms with Gasteiger partial charge in [0.15, 0.2) is 0 Å². The largest absolute Gasteiger partial charge is 0.464 e. The van der Waals surface area contributed by atoms with Crippen LogP contribution in [0.4, 0.5) is 0 Å². The minimum absolute atomic E-state index is 0.277. The summed E-state index contributed by atoms with van der Waals surface area (Å²) in [6.07, 6.45) is 7.37. The number of carbonyl (C=O) groups excluding carboxylic acids is 2. The number of carbonyl (C=O) groups is 2. The van der Waals surface area contributed by atoms with Crippen LogP contribution in [0.15, 0.2) is 30.5 Å². The molecule has 7 nitrogen and oxygen atoms in total. The van der Waals surface area contributed by atoms with Crippen molar-refractivity contribution in [1.29, 1.82) is 0 Å². The quantitative estimate of drug-likeness (QED) is 0.860. The number of ether oxygens (including phenoxy) is 1. The molecule has 2 aliphatic rings. The second-order valence-corrected chi connectivity index (χ2v) is 6.60. The lowest BCUT2D eigenvalue weighted by molar-refractivity contribution is -0.139. The average Bonchev–Trinajstić information content (AvgIpc) is 3.37. The van der Waals surface area contributed by atoms with Gasteiger partial charge < -0.3 is 10.1 Å². The normalized spacial score (nSPS) is 20.6. The molecule has 7 heteroatoms. The first kappa shape index (κ1) is 15.8. The van der Waals surface area contributed by atoms with E-state index >= 15 is 0 Å². The van der Waals surface area contributed by atoms with Crippen LogP contribution >= 0.6 is 0 Å². The number of nitrogens with one attached hydrogen (secondary N) is 1. The fourth-order valence-corrected chi connectivity index (χ4v) is 3.45. The Morgan fingerprint density at radius 1 is 1.16 bits per heavy atom. The molecule has 25 heavy (non-hydrogen) atoms. The third kappa shape index (κ3) is 3.26. The number of benzene rings is 1. The summed E-state index contributed by atoms with van der Waals surface area (Å²) in [5, 5.41) is 11.2. The number of esters is 1. The first-order chi connectivity index (χ1) is 12.2. The van der Waals surface area contributed by atoms with Gasteiger partial charge in [-0.15, -0.1) is 5.10 Å². The van der Waals surface area contributed by atoms with Crippen LogP contribution in [-0.2, 0) is 9.53 Å². The predicted molar refractivity (Wildman–Crippen MR) is 89.4 cm³/mol. The van der Waals surface area contributed by atoms with Gasteiger partial charge in [0, 0.05) is 17.9 Å². The smallest absolute Gasteiger partial charge is 0.328 e. The standard InChI is InChI=1S/C18H20N4O3/c23-17(19-15-9-10-25-18(15)24)13-5-7-14(8-6-13)22-11-16(20-21-22)12-3-1-2-4-12/h5-8,11-12,15H,1-4,9-10H2,(H,19,23)/t15-/m0/s1. The number of cyclic esters (lactones) is 1. The van der Waals surface area contributed by atoms with Crippen LogP contribution in [0.25, 0.3) is 5.69 Å². The molecule has 130 valence electrons. The van der Waals surface area contributed by atoms with E-state index < -0.39 is 6.04 Å². The van der Waals surface area contributed by atoms with Crippen LogP contribution in [0.2, 0.25) is 0 Å². The highest BCUT2D eigenvalue weighted by atomic mass is 16.5. The maximum absolute atomic E-state index is 12.2. The second kappa shape index (κ2) is 6.66. The molecule has 0 radical (unpaired) electrons. The zero-order valence-electron chi connectivity index (χ0n) is 13.9. The summed E-state index contributed by atoms with van der Waals surface area (Å²) in [7, 11) is 0. The summed E-state index contributed by atoms with van der Waals surface area (Å²) < 4.78 is 6.59. The molecule has 1 amide bonds. The van der Waals surface area contributed by atoms with Crippen LogP contribution in [0.1, 0.15) is 54.1 Å². The molecule has 0 unspecified atom stereocenters. The molecule has 0 spiro atoms. The molecule has 1 atom stereocenters. The van der Waals surface area contributed by atoms with Crippen molar-refractivity contribution < 1.29 is 14.3 Å². The summed E-state index contributed by atoms with van der Waals surface area (Å²) in [6.45, 7) is 0.359. The van der Waals surface area contributed by atoms with Gasteiger partial charge in [-0.3, -0.25) is 4.79 Å². The number of nitrogens with zero attached hydrogens (tertiary/aromatic N) is 3. The Morgan fingerprint density at radius 2 is 1.92 bits per heavy atom. The van der Waals surface area contributed by atoms with Crippen molar-refractivity contribution in [2.45, 2.75) is 44.1 Å². The zero-order valence-corrected chi connectivity index (χ0v) is 13.9. The fraction of sp³-hybridized carbons (Fsp3) is 0.444. The predicted octanol–water partition coefficient (Wildman–Crippen LogP) is 1.97. The average molecular weight is 340 g/mol. The minimum atomic E-state index is -0.545. The Bertz CT molecular complexity index is 778. The van der Waals surface area contributed by atoms with Crippen LogP contribution in [0.3, 0.4) is 0 Å². The first-order valence-electron chi connectivity index (χ1n) is 8.71. The number of hydrogen-bond acceptors (Lipinski definition) is 5. The van der Waals surface area contributed by atoms with E-state index in [0.29, 0.717) is 24.5 Å². The van der Waals surface area contributed by atoms with Crippen LogP contribution in [0, 0.1) is 0 Å². The van der Waals surface area contributed by atoms with Gasteiger partial charge in [-0.05, 0) is 37.1 Å². The van der Waals surface area contributed by atoms with Crippen molar-refractivity contribution in [1.82, 2.24) is 20.3 Å². The molecule has 2 fully saturated rings. The summed E-state index contributed by atoms with van der Waals surface area (Å²) in [4.78, 5) is 23.7. The number of amides is 1. The first-order valence-corrected chi connectivity index (χ1v) is 8.71. The molecule has 1 aliphatic heterocycles. The molecule has 4 rings (SSSR count). The molecule has 1 aromatic carbocycles. The summed E-state index contributed by atoms with van der Waals surface area (Å²) >= 11 is 0. The SMILES string of the molecule is O=C(N[C@H]1CCOC1=O)c1ccc(-n2cc(C3CCCC3)nn2)cc1. The number of hydrogen-bond donors (Lipinski definition) is 1. The molecule has 1 aromatic heterocycles. The Balaban J connectivity index is 1.44. The molecule has 0 bridgehead atoms. The van der Waals surface area contributed by atoms with Gasteiger partial charge in [0.1, 0.15) is 6.04 Å². The highest BCUT2D eigenvalue weighted by Gasteiger charge is 2.28. The third-order valence-electron chi connectivity index (χ3n) is 4.92. The topological polar surface area (TPSA) is 86.1 Å². The van der Waals surface area contributed by atoms with E-state index in [9.17, 15) is 9.59 Å². The number of aromatic nitrogens is 3. The third-order valence-corrected chi connectivity index (χ3v) is 4.92. The summed E-state index contributed by atoms with van der Waals surface area (Å²) in [6, 6.07) is 6.56. The van der Waals surface area contributed by atoms with Crippen LogP contribution < -0.4 is 5.32 Å².